The van der Waals surface area contributed by atoms with Gasteiger partial charge in [0.15, 0.2) is 5.69 Å². The monoisotopic (exact) mass is 382 g/mol. The Hall–Kier alpha value is -2.65. The predicted molar refractivity (Wildman–Crippen MR) is 99.3 cm³/mol. The molecule has 0 radical (unpaired) electrons. The second-order valence-electron chi connectivity index (χ2n) is 7.24. The molecular weight excluding hydrogens is 364 g/mol. The number of aromatic nitrogens is 2. The van der Waals surface area contributed by atoms with E-state index < -0.39 is 0 Å². The molecule has 2 atom stereocenters. The van der Waals surface area contributed by atoms with Gasteiger partial charge in [-0.25, -0.2) is 0 Å². The zero-order chi connectivity index (χ0) is 18.8. The van der Waals surface area contributed by atoms with E-state index in [4.69, 9.17) is 21.6 Å². The highest BCUT2D eigenvalue weighted by atomic mass is 35.5. The van der Waals surface area contributed by atoms with E-state index in [-0.39, 0.29) is 18.1 Å². The van der Waals surface area contributed by atoms with E-state index in [1.54, 1.807) is 36.5 Å². The summed E-state index contributed by atoms with van der Waals surface area (Å²) in [6.45, 7) is 0. The van der Waals surface area contributed by atoms with Crippen LogP contribution in [0, 0.1) is 23.2 Å². The summed E-state index contributed by atoms with van der Waals surface area (Å²) >= 11 is 6.08. The fourth-order valence-electron chi connectivity index (χ4n) is 4.31. The van der Waals surface area contributed by atoms with E-state index in [0.717, 1.165) is 25.7 Å². The van der Waals surface area contributed by atoms with Crippen molar-refractivity contribution in [2.45, 2.75) is 37.8 Å². The standard InChI is InChI=1S/C20H19ClN4O2/c21-18-10-16(4-3-12(18)11-22)27-17-8-13-6-15(7-14(13)9-17)24-20(26)19-2-1-5-23-25-19/h1-5,10,13-15,17H,6-9H2,(H,24,26). The smallest absolute Gasteiger partial charge is 0.272 e. The van der Waals surface area contributed by atoms with Crippen molar-refractivity contribution in [3.05, 3.63) is 52.8 Å². The quantitative estimate of drug-likeness (QED) is 0.875. The van der Waals surface area contributed by atoms with Crippen LogP contribution in [0.25, 0.3) is 0 Å². The lowest BCUT2D eigenvalue weighted by atomic mass is 10.0. The van der Waals surface area contributed by atoms with Crippen LogP contribution in [0.4, 0.5) is 0 Å². The van der Waals surface area contributed by atoms with Crippen LogP contribution in [-0.4, -0.2) is 28.3 Å². The van der Waals surface area contributed by atoms with E-state index in [1.165, 1.54) is 0 Å². The average Bonchev–Trinajstić information content (AvgIpc) is 3.20. The van der Waals surface area contributed by atoms with Gasteiger partial charge in [-0.2, -0.15) is 10.4 Å². The number of fused-ring (bicyclic) bond motifs is 1. The highest BCUT2D eigenvalue weighted by molar-refractivity contribution is 6.31. The Bertz CT molecular complexity index is 869. The molecule has 1 aromatic heterocycles. The number of nitrogens with one attached hydrogen (secondary N) is 1. The Morgan fingerprint density at radius 3 is 2.63 bits per heavy atom. The normalized spacial score (nSPS) is 26.2. The first-order chi connectivity index (χ1) is 13.1. The number of nitriles is 1. The fraction of sp³-hybridized carbons (Fsp3) is 0.400. The molecule has 4 rings (SSSR count). The van der Waals surface area contributed by atoms with Crippen LogP contribution in [0.2, 0.25) is 5.02 Å². The molecule has 0 bridgehead atoms. The Balaban J connectivity index is 1.30. The second kappa shape index (κ2) is 7.53. The SMILES string of the molecule is N#Cc1ccc(OC2CC3CC(NC(=O)c4cccnn4)CC3C2)cc1Cl. The number of nitrogens with zero attached hydrogens (tertiary/aromatic N) is 3. The summed E-state index contributed by atoms with van der Waals surface area (Å²) in [6, 6.07) is 10.8. The van der Waals surface area contributed by atoms with Gasteiger partial charge in [-0.15, -0.1) is 5.10 Å². The van der Waals surface area contributed by atoms with Crippen molar-refractivity contribution in [2.75, 3.05) is 0 Å². The van der Waals surface area contributed by atoms with Crippen LogP contribution >= 0.6 is 11.6 Å². The number of carbonyl (C=O) groups excluding carboxylic acids is 1. The lowest BCUT2D eigenvalue weighted by Gasteiger charge is -2.18. The molecule has 1 heterocycles. The maximum absolute atomic E-state index is 12.2. The molecule has 2 fully saturated rings. The van der Waals surface area contributed by atoms with Crippen LogP contribution in [0.15, 0.2) is 36.5 Å². The van der Waals surface area contributed by atoms with Crippen LogP contribution < -0.4 is 10.1 Å². The zero-order valence-electron chi connectivity index (χ0n) is 14.6. The number of hydrogen-bond donors (Lipinski definition) is 1. The van der Waals surface area contributed by atoms with Crippen molar-refractivity contribution in [3.63, 3.8) is 0 Å². The molecule has 2 unspecified atom stereocenters. The molecule has 0 saturated heterocycles. The molecule has 27 heavy (non-hydrogen) atoms. The largest absolute Gasteiger partial charge is 0.490 e. The minimum absolute atomic E-state index is 0.153. The van der Waals surface area contributed by atoms with Crippen LogP contribution in [0.3, 0.4) is 0 Å². The molecule has 7 heteroatoms. The van der Waals surface area contributed by atoms with E-state index in [2.05, 4.69) is 21.6 Å². The topological polar surface area (TPSA) is 87.9 Å². The lowest BCUT2D eigenvalue weighted by Crippen LogP contribution is -2.34. The summed E-state index contributed by atoms with van der Waals surface area (Å²) in [5.41, 5.74) is 0.808. The molecular formula is C20H19ClN4O2. The summed E-state index contributed by atoms with van der Waals surface area (Å²) in [5, 5.41) is 20.1. The maximum atomic E-state index is 12.2. The van der Waals surface area contributed by atoms with E-state index in [1.807, 2.05) is 0 Å². The third-order valence-corrected chi connectivity index (χ3v) is 5.79. The van der Waals surface area contributed by atoms with Gasteiger partial charge in [-0.3, -0.25) is 4.79 Å². The highest BCUT2D eigenvalue weighted by Crippen LogP contribution is 2.45. The molecule has 2 aliphatic carbocycles. The van der Waals surface area contributed by atoms with Crippen molar-refractivity contribution in [1.29, 1.82) is 5.26 Å². The number of halogens is 1. The van der Waals surface area contributed by atoms with Crippen LogP contribution in [-0.2, 0) is 0 Å². The minimum Gasteiger partial charge on any atom is -0.490 e. The van der Waals surface area contributed by atoms with Crippen molar-refractivity contribution >= 4 is 17.5 Å². The Labute approximate surface area is 162 Å². The first-order valence-electron chi connectivity index (χ1n) is 9.07. The average molecular weight is 383 g/mol. The summed E-state index contributed by atoms with van der Waals surface area (Å²) in [5.74, 6) is 1.65. The second-order valence-corrected chi connectivity index (χ2v) is 7.64. The lowest BCUT2D eigenvalue weighted by molar-refractivity contribution is 0.0928. The zero-order valence-corrected chi connectivity index (χ0v) is 15.4. The highest BCUT2D eigenvalue weighted by Gasteiger charge is 2.43. The third kappa shape index (κ3) is 3.88. The predicted octanol–water partition coefficient (Wildman–Crippen LogP) is 3.37. The number of hydrogen-bond acceptors (Lipinski definition) is 5. The molecule has 0 spiro atoms. The number of amides is 1. The number of carbonyl (C=O) groups is 1. The van der Waals surface area contributed by atoms with Gasteiger partial charge in [-0.1, -0.05) is 11.6 Å². The Morgan fingerprint density at radius 2 is 2.00 bits per heavy atom. The van der Waals surface area contributed by atoms with Gasteiger partial charge < -0.3 is 10.1 Å². The van der Waals surface area contributed by atoms with Gasteiger partial charge in [0.25, 0.3) is 5.91 Å². The molecule has 1 N–H and O–H groups in total. The van der Waals surface area contributed by atoms with E-state index >= 15 is 0 Å². The van der Waals surface area contributed by atoms with E-state index in [9.17, 15) is 4.79 Å². The van der Waals surface area contributed by atoms with Gasteiger partial charge in [0.2, 0.25) is 0 Å². The number of ether oxygens (including phenoxy) is 1. The van der Waals surface area contributed by atoms with E-state index in [0.29, 0.717) is 33.9 Å². The van der Waals surface area contributed by atoms with Gasteiger partial charge in [0.1, 0.15) is 11.8 Å². The van der Waals surface area contributed by atoms with Crippen LogP contribution in [0.5, 0.6) is 5.75 Å². The first kappa shape index (κ1) is 17.7. The number of benzene rings is 1. The Morgan fingerprint density at radius 1 is 1.22 bits per heavy atom. The van der Waals surface area contributed by atoms with Gasteiger partial charge in [-0.05, 0) is 61.8 Å². The van der Waals surface area contributed by atoms with Crippen LogP contribution in [0.1, 0.15) is 41.7 Å². The summed E-state index contributed by atoms with van der Waals surface area (Å²) < 4.78 is 6.08. The molecule has 1 aromatic carbocycles. The molecule has 2 saturated carbocycles. The first-order valence-corrected chi connectivity index (χ1v) is 9.45. The fourth-order valence-corrected chi connectivity index (χ4v) is 4.52. The molecule has 2 aliphatic rings. The van der Waals surface area contributed by atoms with Crippen molar-refractivity contribution in [1.82, 2.24) is 15.5 Å². The molecule has 6 nitrogen and oxygen atoms in total. The molecule has 2 aromatic rings. The minimum atomic E-state index is -0.159. The van der Waals surface area contributed by atoms with Gasteiger partial charge in [0.05, 0.1) is 16.7 Å². The van der Waals surface area contributed by atoms with Crippen molar-refractivity contribution in [3.8, 4) is 11.8 Å². The van der Waals surface area contributed by atoms with Crippen molar-refractivity contribution < 1.29 is 9.53 Å². The third-order valence-electron chi connectivity index (χ3n) is 5.48. The molecule has 1 amide bonds. The molecule has 138 valence electrons. The van der Waals surface area contributed by atoms with Gasteiger partial charge >= 0.3 is 0 Å². The summed E-state index contributed by atoms with van der Waals surface area (Å²) in [6.07, 6.45) is 5.58. The van der Waals surface area contributed by atoms with Crippen molar-refractivity contribution in [2.24, 2.45) is 11.8 Å². The Kier molecular flexibility index (Phi) is 4.95. The summed E-state index contributed by atoms with van der Waals surface area (Å²) in [4.78, 5) is 12.2. The molecule has 0 aliphatic heterocycles. The summed E-state index contributed by atoms with van der Waals surface area (Å²) in [7, 11) is 0. The number of rotatable bonds is 4. The maximum Gasteiger partial charge on any atom is 0.272 e. The van der Waals surface area contributed by atoms with Gasteiger partial charge in [0, 0.05) is 18.3 Å².